The van der Waals surface area contributed by atoms with Gasteiger partial charge in [0.2, 0.25) is 17.7 Å². The van der Waals surface area contributed by atoms with Gasteiger partial charge in [-0.2, -0.15) is 0 Å². The van der Waals surface area contributed by atoms with E-state index in [0.717, 1.165) is 31.6 Å². The maximum Gasteiger partial charge on any atom is 0.243 e. The van der Waals surface area contributed by atoms with Crippen LogP contribution in [0.25, 0.3) is 0 Å². The summed E-state index contributed by atoms with van der Waals surface area (Å²) in [5.74, 6) is -1.19. The molecule has 1 aromatic carbocycles. The van der Waals surface area contributed by atoms with Gasteiger partial charge in [0.05, 0.1) is 30.3 Å². The first kappa shape index (κ1) is 31.5. The minimum Gasteiger partial charge on any atom is -0.388 e. The van der Waals surface area contributed by atoms with Gasteiger partial charge in [0.1, 0.15) is 24.4 Å². The molecule has 2 bridgehead atoms. The van der Waals surface area contributed by atoms with E-state index in [9.17, 15) is 24.6 Å². The molecule has 1 spiro atoms. The Morgan fingerprint density at radius 3 is 2.47 bits per heavy atom. The molecule has 2 unspecified atom stereocenters. The van der Waals surface area contributed by atoms with Crippen LogP contribution in [-0.4, -0.2) is 123 Å². The minimum atomic E-state index is -1.29. The fraction of sp³-hybridized carbons (Fsp3) is 0.645. The molecule has 14 heteroatoms. The molecule has 5 N–H and O–H groups in total. The third kappa shape index (κ3) is 7.69. The van der Waals surface area contributed by atoms with Crippen molar-refractivity contribution in [3.63, 3.8) is 0 Å². The number of aliphatic hydroxyl groups excluding tert-OH is 2. The van der Waals surface area contributed by atoms with Crippen LogP contribution in [0.15, 0.2) is 36.5 Å². The molecule has 4 fully saturated rings. The Bertz CT molecular complexity index is 1330. The lowest BCUT2D eigenvalue weighted by atomic mass is 9.82. The van der Waals surface area contributed by atoms with Crippen molar-refractivity contribution in [1.29, 1.82) is 0 Å². The molecular weight excluding hydrogens is 582 g/mol. The lowest BCUT2D eigenvalue weighted by Crippen LogP contribution is -2.60. The molecular formula is C31H43N7O7. The van der Waals surface area contributed by atoms with Crippen LogP contribution in [0.1, 0.15) is 49.8 Å². The lowest BCUT2D eigenvalue weighted by molar-refractivity contribution is -0.133. The van der Waals surface area contributed by atoms with Gasteiger partial charge in [0, 0.05) is 57.9 Å². The second-order valence-corrected chi connectivity index (χ2v) is 12.7. The SMILES string of the molecule is O=C1CC2(CCN(C3CCOCC3)CC2)NC(=O)C[C@@H]2O[C@H](CNC(=O)[C@@H](Cc3cn(Cc4ccccc4)nn3)N1)C(O)C2O. The summed E-state index contributed by atoms with van der Waals surface area (Å²) < 4.78 is 13.0. The Hall–Kier alpha value is -3.43. The molecule has 0 aliphatic carbocycles. The van der Waals surface area contributed by atoms with E-state index in [0.29, 0.717) is 44.2 Å². The molecule has 5 atom stereocenters. The van der Waals surface area contributed by atoms with E-state index in [4.69, 9.17) is 9.47 Å². The van der Waals surface area contributed by atoms with Crippen molar-refractivity contribution < 1.29 is 34.1 Å². The summed E-state index contributed by atoms with van der Waals surface area (Å²) in [6.07, 6.45) is 0.235. The average Bonchev–Trinajstić information content (AvgIpc) is 3.58. The quantitative estimate of drug-likeness (QED) is 0.273. The molecule has 4 saturated heterocycles. The molecule has 14 nitrogen and oxygen atoms in total. The van der Waals surface area contributed by atoms with Crippen LogP contribution in [0, 0.1) is 0 Å². The van der Waals surface area contributed by atoms with Gasteiger partial charge in [-0.25, -0.2) is 4.68 Å². The van der Waals surface area contributed by atoms with Gasteiger partial charge in [0.15, 0.2) is 0 Å². The van der Waals surface area contributed by atoms with Gasteiger partial charge in [-0.3, -0.25) is 14.4 Å². The van der Waals surface area contributed by atoms with Crippen molar-refractivity contribution in [2.45, 2.75) is 93.5 Å². The zero-order valence-electron chi connectivity index (χ0n) is 25.3. The summed E-state index contributed by atoms with van der Waals surface area (Å²) in [5, 5.41) is 38.5. The van der Waals surface area contributed by atoms with Crippen LogP contribution in [0.4, 0.5) is 0 Å². The van der Waals surface area contributed by atoms with Crippen LogP contribution >= 0.6 is 0 Å². The largest absolute Gasteiger partial charge is 0.388 e. The van der Waals surface area contributed by atoms with E-state index >= 15 is 0 Å². The number of carbonyl (C=O) groups is 3. The van der Waals surface area contributed by atoms with Gasteiger partial charge in [-0.05, 0) is 31.2 Å². The number of hydrogen-bond donors (Lipinski definition) is 5. The first-order valence-electron chi connectivity index (χ1n) is 15.9. The average molecular weight is 626 g/mol. The number of aliphatic hydroxyl groups is 2. The van der Waals surface area contributed by atoms with Crippen molar-refractivity contribution in [2.75, 3.05) is 32.8 Å². The van der Waals surface area contributed by atoms with Crippen LogP contribution in [0.2, 0.25) is 0 Å². The molecule has 4 aliphatic rings. The topological polar surface area (TPSA) is 180 Å². The number of nitrogens with one attached hydrogen (secondary N) is 3. The molecule has 244 valence electrons. The third-order valence-electron chi connectivity index (χ3n) is 9.53. The Labute approximate surface area is 261 Å². The lowest BCUT2D eigenvalue weighted by Gasteiger charge is -2.45. The second kappa shape index (κ2) is 13.9. The first-order chi connectivity index (χ1) is 21.8. The molecule has 2 aromatic rings. The molecule has 4 aliphatic heterocycles. The van der Waals surface area contributed by atoms with Crippen LogP contribution in [0.3, 0.4) is 0 Å². The van der Waals surface area contributed by atoms with E-state index < -0.39 is 41.9 Å². The Balaban J connectivity index is 1.20. The molecule has 6 rings (SSSR count). The fourth-order valence-electron chi connectivity index (χ4n) is 6.98. The van der Waals surface area contributed by atoms with Gasteiger partial charge in [-0.1, -0.05) is 35.5 Å². The summed E-state index contributed by atoms with van der Waals surface area (Å²) >= 11 is 0. The van der Waals surface area contributed by atoms with Gasteiger partial charge in [-0.15, -0.1) is 5.10 Å². The Kier molecular flexibility index (Phi) is 9.75. The number of likely N-dealkylation sites (tertiary alicyclic amines) is 1. The highest BCUT2D eigenvalue weighted by molar-refractivity contribution is 5.88. The van der Waals surface area contributed by atoms with E-state index in [2.05, 4.69) is 31.2 Å². The van der Waals surface area contributed by atoms with Crippen LogP contribution in [-0.2, 0) is 36.8 Å². The Morgan fingerprint density at radius 1 is 0.978 bits per heavy atom. The molecule has 45 heavy (non-hydrogen) atoms. The Morgan fingerprint density at radius 2 is 1.71 bits per heavy atom. The number of hydrogen-bond acceptors (Lipinski definition) is 10. The van der Waals surface area contributed by atoms with Gasteiger partial charge < -0.3 is 40.5 Å². The van der Waals surface area contributed by atoms with E-state index in [1.54, 1.807) is 10.9 Å². The number of ether oxygens (including phenoxy) is 2. The highest BCUT2D eigenvalue weighted by atomic mass is 16.5. The number of rotatable bonds is 5. The second-order valence-electron chi connectivity index (χ2n) is 12.7. The maximum atomic E-state index is 13.6. The highest BCUT2D eigenvalue weighted by Gasteiger charge is 2.46. The van der Waals surface area contributed by atoms with Crippen molar-refractivity contribution in [3.8, 4) is 0 Å². The normalized spacial score (nSPS) is 30.4. The summed E-state index contributed by atoms with van der Waals surface area (Å²) in [5.41, 5.74) is 0.727. The number of aromatic nitrogens is 3. The predicted octanol–water partition coefficient (Wildman–Crippen LogP) is -1.12. The number of benzene rings is 1. The van der Waals surface area contributed by atoms with E-state index in [1.165, 1.54) is 0 Å². The van der Waals surface area contributed by atoms with Crippen molar-refractivity contribution >= 4 is 17.7 Å². The van der Waals surface area contributed by atoms with Crippen LogP contribution in [0.5, 0.6) is 0 Å². The predicted molar refractivity (Wildman–Crippen MR) is 160 cm³/mol. The number of carbonyl (C=O) groups excluding carboxylic acids is 3. The molecule has 3 amide bonds. The molecule has 1 aromatic heterocycles. The minimum absolute atomic E-state index is 0.00976. The first-order valence-corrected chi connectivity index (χ1v) is 15.9. The molecule has 0 saturated carbocycles. The zero-order chi connectivity index (χ0) is 31.4. The summed E-state index contributed by atoms with van der Waals surface area (Å²) in [6, 6.07) is 9.20. The molecule has 0 radical (unpaired) electrons. The van der Waals surface area contributed by atoms with Crippen molar-refractivity contribution in [2.24, 2.45) is 0 Å². The van der Waals surface area contributed by atoms with Crippen LogP contribution < -0.4 is 16.0 Å². The summed E-state index contributed by atoms with van der Waals surface area (Å²) in [4.78, 5) is 42.8. The monoisotopic (exact) mass is 625 g/mol. The van der Waals surface area contributed by atoms with E-state index in [1.807, 2.05) is 30.3 Å². The fourth-order valence-corrected chi connectivity index (χ4v) is 6.98. The number of amides is 3. The highest BCUT2D eigenvalue weighted by Crippen LogP contribution is 2.31. The number of fused-ring (bicyclic) bond motifs is 2. The maximum absolute atomic E-state index is 13.6. The van der Waals surface area contributed by atoms with Crippen molar-refractivity contribution in [1.82, 2.24) is 35.8 Å². The number of piperidine rings is 1. The third-order valence-corrected chi connectivity index (χ3v) is 9.53. The van der Waals surface area contributed by atoms with Gasteiger partial charge in [0.25, 0.3) is 0 Å². The summed E-state index contributed by atoms with van der Waals surface area (Å²) in [6.45, 7) is 3.27. The zero-order valence-corrected chi connectivity index (χ0v) is 25.3. The van der Waals surface area contributed by atoms with E-state index in [-0.39, 0.29) is 37.6 Å². The number of nitrogens with zero attached hydrogens (tertiary/aromatic N) is 4. The summed E-state index contributed by atoms with van der Waals surface area (Å²) in [7, 11) is 0. The standard InChI is InChI=1S/C31H43N7O7/c39-26-15-24-28(41)29(42)25(45-24)17-32-30(43)23(14-21-19-38(36-35-21)18-20-4-2-1-3-5-20)33-27(40)16-31(34-26)8-10-37(11-9-31)22-6-12-44-13-7-22/h1-5,19,22-25,28-29,41-42H,6-18H2,(H,32,43)(H,33,40)(H,34,39)/t23-,24+,25-,28?,29?/m1/s1. The van der Waals surface area contributed by atoms with Gasteiger partial charge >= 0.3 is 0 Å². The smallest absolute Gasteiger partial charge is 0.243 e. The van der Waals surface area contributed by atoms with Crippen molar-refractivity contribution in [3.05, 3.63) is 47.8 Å². The molecule has 5 heterocycles.